The SMILES string of the molecule is CCOC(=O)c1cn2nc(C3CCCNC3)sc2n1. The fraction of sp³-hybridized carbons (Fsp3) is 0.583. The first kappa shape index (κ1) is 12.6. The fourth-order valence-electron chi connectivity index (χ4n) is 2.25. The summed E-state index contributed by atoms with van der Waals surface area (Å²) in [5.41, 5.74) is 0.328. The zero-order chi connectivity index (χ0) is 13.2. The first-order valence-electron chi connectivity index (χ1n) is 6.52. The number of nitrogens with zero attached hydrogens (tertiary/aromatic N) is 3. The maximum Gasteiger partial charge on any atom is 0.358 e. The number of carbonyl (C=O) groups is 1. The maximum absolute atomic E-state index is 11.6. The summed E-state index contributed by atoms with van der Waals surface area (Å²) >= 11 is 1.55. The Morgan fingerprint density at radius 1 is 1.68 bits per heavy atom. The van der Waals surface area contributed by atoms with Crippen molar-refractivity contribution < 1.29 is 9.53 Å². The van der Waals surface area contributed by atoms with Crippen molar-refractivity contribution in [2.24, 2.45) is 0 Å². The zero-order valence-corrected chi connectivity index (χ0v) is 11.6. The van der Waals surface area contributed by atoms with E-state index in [0.717, 1.165) is 29.5 Å². The molecule has 102 valence electrons. The molecule has 0 bridgehead atoms. The van der Waals surface area contributed by atoms with Crippen molar-refractivity contribution in [2.45, 2.75) is 25.7 Å². The Labute approximate surface area is 114 Å². The van der Waals surface area contributed by atoms with Crippen LogP contribution in [-0.4, -0.2) is 40.3 Å². The summed E-state index contributed by atoms with van der Waals surface area (Å²) in [6, 6.07) is 0. The van der Waals surface area contributed by atoms with Gasteiger partial charge in [-0.05, 0) is 26.3 Å². The monoisotopic (exact) mass is 280 g/mol. The number of rotatable bonds is 3. The van der Waals surface area contributed by atoms with E-state index in [-0.39, 0.29) is 5.97 Å². The molecule has 0 amide bonds. The van der Waals surface area contributed by atoms with Gasteiger partial charge >= 0.3 is 5.97 Å². The number of nitrogens with one attached hydrogen (secondary N) is 1. The van der Waals surface area contributed by atoms with Gasteiger partial charge in [-0.2, -0.15) is 5.10 Å². The summed E-state index contributed by atoms with van der Waals surface area (Å²) in [6.45, 7) is 4.20. The number of ether oxygens (including phenoxy) is 1. The second kappa shape index (κ2) is 5.26. The van der Waals surface area contributed by atoms with Gasteiger partial charge in [-0.3, -0.25) is 0 Å². The average Bonchev–Trinajstić information content (AvgIpc) is 2.98. The molecule has 3 heterocycles. The average molecular weight is 280 g/mol. The molecule has 0 aliphatic carbocycles. The molecule has 1 unspecified atom stereocenters. The summed E-state index contributed by atoms with van der Waals surface area (Å²) < 4.78 is 6.61. The Bertz CT molecular complexity index is 554. The molecule has 1 atom stereocenters. The highest BCUT2D eigenvalue weighted by atomic mass is 32.1. The van der Waals surface area contributed by atoms with Crippen LogP contribution in [0.2, 0.25) is 0 Å². The molecule has 0 radical (unpaired) electrons. The number of hydrogen-bond donors (Lipinski definition) is 1. The number of hydrogen-bond acceptors (Lipinski definition) is 6. The fourth-order valence-corrected chi connectivity index (χ4v) is 3.26. The zero-order valence-electron chi connectivity index (χ0n) is 10.8. The van der Waals surface area contributed by atoms with E-state index in [1.165, 1.54) is 6.42 Å². The summed E-state index contributed by atoms with van der Waals surface area (Å²) in [4.78, 5) is 16.6. The summed E-state index contributed by atoms with van der Waals surface area (Å²) in [7, 11) is 0. The quantitative estimate of drug-likeness (QED) is 0.862. The van der Waals surface area contributed by atoms with Crippen molar-refractivity contribution in [2.75, 3.05) is 19.7 Å². The molecule has 1 N–H and O–H groups in total. The number of piperidine rings is 1. The molecule has 0 saturated carbocycles. The lowest BCUT2D eigenvalue weighted by Crippen LogP contribution is -2.28. The molecular weight excluding hydrogens is 264 g/mol. The van der Waals surface area contributed by atoms with Crippen LogP contribution in [0.4, 0.5) is 0 Å². The molecule has 19 heavy (non-hydrogen) atoms. The largest absolute Gasteiger partial charge is 0.461 e. The first-order valence-corrected chi connectivity index (χ1v) is 7.33. The van der Waals surface area contributed by atoms with Crippen LogP contribution in [-0.2, 0) is 4.74 Å². The standard InChI is InChI=1S/C12H16N4O2S/c1-2-18-11(17)9-7-16-12(14-9)19-10(15-16)8-4-3-5-13-6-8/h7-8,13H,2-6H2,1H3. The Hall–Kier alpha value is -1.47. The van der Waals surface area contributed by atoms with Crippen molar-refractivity contribution >= 4 is 22.3 Å². The van der Waals surface area contributed by atoms with Gasteiger partial charge in [-0.15, -0.1) is 0 Å². The predicted molar refractivity (Wildman–Crippen MR) is 71.7 cm³/mol. The van der Waals surface area contributed by atoms with Crippen LogP contribution in [0.5, 0.6) is 0 Å². The second-order valence-electron chi connectivity index (χ2n) is 4.56. The Morgan fingerprint density at radius 3 is 3.26 bits per heavy atom. The highest BCUT2D eigenvalue weighted by molar-refractivity contribution is 7.16. The number of esters is 1. The molecule has 2 aromatic rings. The third-order valence-corrected chi connectivity index (χ3v) is 4.27. The minimum atomic E-state index is -0.388. The number of fused-ring (bicyclic) bond motifs is 1. The Morgan fingerprint density at radius 2 is 2.58 bits per heavy atom. The van der Waals surface area contributed by atoms with Gasteiger partial charge in [-0.1, -0.05) is 11.3 Å². The summed E-state index contributed by atoms with van der Waals surface area (Å²) in [5.74, 6) is 0.0765. The molecule has 1 aliphatic rings. The van der Waals surface area contributed by atoms with Crippen LogP contribution < -0.4 is 5.32 Å². The molecule has 6 nitrogen and oxygen atoms in total. The van der Waals surface area contributed by atoms with Crippen molar-refractivity contribution in [1.82, 2.24) is 19.9 Å². The molecule has 0 aromatic carbocycles. The van der Waals surface area contributed by atoms with E-state index in [0.29, 0.717) is 18.2 Å². The topological polar surface area (TPSA) is 68.5 Å². The van der Waals surface area contributed by atoms with Crippen LogP contribution in [0.25, 0.3) is 4.96 Å². The van der Waals surface area contributed by atoms with Crippen LogP contribution in [0.15, 0.2) is 6.20 Å². The van der Waals surface area contributed by atoms with Crippen molar-refractivity contribution in [3.05, 3.63) is 16.9 Å². The predicted octanol–water partition coefficient (Wildman–Crippen LogP) is 1.43. The number of imidazole rings is 1. The van der Waals surface area contributed by atoms with Gasteiger partial charge in [0.15, 0.2) is 5.69 Å². The van der Waals surface area contributed by atoms with E-state index in [9.17, 15) is 4.79 Å². The number of aromatic nitrogens is 3. The van der Waals surface area contributed by atoms with Gasteiger partial charge in [0, 0.05) is 12.5 Å². The van der Waals surface area contributed by atoms with Crippen LogP contribution in [0.1, 0.15) is 41.2 Å². The van der Waals surface area contributed by atoms with Crippen LogP contribution in [0, 0.1) is 0 Å². The van der Waals surface area contributed by atoms with Crippen molar-refractivity contribution in [3.8, 4) is 0 Å². The summed E-state index contributed by atoms with van der Waals surface area (Å²) in [6.07, 6.45) is 3.98. The maximum atomic E-state index is 11.6. The van der Waals surface area contributed by atoms with Gasteiger partial charge in [0.1, 0.15) is 5.01 Å². The third kappa shape index (κ3) is 2.48. The normalized spacial score (nSPS) is 19.7. The molecule has 7 heteroatoms. The van der Waals surface area contributed by atoms with E-state index in [1.807, 2.05) is 0 Å². The van der Waals surface area contributed by atoms with Gasteiger partial charge in [-0.25, -0.2) is 14.3 Å². The van der Waals surface area contributed by atoms with E-state index < -0.39 is 0 Å². The summed E-state index contributed by atoms with van der Waals surface area (Å²) in [5, 5.41) is 8.99. The lowest BCUT2D eigenvalue weighted by Gasteiger charge is -2.19. The first-order chi connectivity index (χ1) is 9.28. The van der Waals surface area contributed by atoms with Crippen LogP contribution in [0.3, 0.4) is 0 Å². The van der Waals surface area contributed by atoms with E-state index >= 15 is 0 Å². The number of carbonyl (C=O) groups excluding carboxylic acids is 1. The van der Waals surface area contributed by atoms with Gasteiger partial charge in [0.2, 0.25) is 4.96 Å². The lowest BCUT2D eigenvalue weighted by molar-refractivity contribution is 0.0520. The highest BCUT2D eigenvalue weighted by Crippen LogP contribution is 2.27. The molecular formula is C12H16N4O2S. The highest BCUT2D eigenvalue weighted by Gasteiger charge is 2.21. The third-order valence-electron chi connectivity index (χ3n) is 3.19. The molecule has 3 rings (SSSR count). The van der Waals surface area contributed by atoms with Crippen LogP contribution >= 0.6 is 11.3 Å². The molecule has 1 aliphatic heterocycles. The lowest BCUT2D eigenvalue weighted by atomic mass is 10.0. The van der Waals surface area contributed by atoms with E-state index in [1.54, 1.807) is 29.0 Å². The molecule has 2 aromatic heterocycles. The second-order valence-corrected chi connectivity index (χ2v) is 5.54. The van der Waals surface area contributed by atoms with Gasteiger partial charge in [0.05, 0.1) is 12.8 Å². The Kier molecular flexibility index (Phi) is 3.48. The smallest absolute Gasteiger partial charge is 0.358 e. The molecule has 1 fully saturated rings. The van der Waals surface area contributed by atoms with Crippen molar-refractivity contribution in [3.63, 3.8) is 0 Å². The van der Waals surface area contributed by atoms with Gasteiger partial charge in [0.25, 0.3) is 0 Å². The minimum absolute atomic E-state index is 0.328. The van der Waals surface area contributed by atoms with E-state index in [2.05, 4.69) is 15.4 Å². The van der Waals surface area contributed by atoms with E-state index in [4.69, 9.17) is 4.74 Å². The van der Waals surface area contributed by atoms with Crippen molar-refractivity contribution in [1.29, 1.82) is 0 Å². The van der Waals surface area contributed by atoms with Gasteiger partial charge < -0.3 is 10.1 Å². The Balaban J connectivity index is 1.82. The molecule has 1 saturated heterocycles. The molecule has 0 spiro atoms. The minimum Gasteiger partial charge on any atom is -0.461 e.